The summed E-state index contributed by atoms with van der Waals surface area (Å²) < 4.78 is 38.7. The quantitative estimate of drug-likeness (QED) is 0.680. The lowest BCUT2D eigenvalue weighted by Gasteiger charge is -2.15. The predicted molar refractivity (Wildman–Crippen MR) is 57.4 cm³/mol. The summed E-state index contributed by atoms with van der Waals surface area (Å²) in [4.78, 5) is 10.8. The fraction of sp³-hybridized carbons (Fsp3) is 0.900. The molecule has 90 valence electrons. The number of alkyl halides is 3. The minimum absolute atomic E-state index is 0.0252. The Balaban J connectivity index is 3.73. The summed E-state index contributed by atoms with van der Waals surface area (Å²) in [6.07, 6.45) is -5.38. The molecule has 1 nitrogen and oxygen atoms in total. The summed E-state index contributed by atoms with van der Waals surface area (Å²) >= 11 is 0.973. The van der Waals surface area contributed by atoms with Gasteiger partial charge >= 0.3 is 0 Å². The largest absolute Gasteiger partial charge is 0.287 e. The molecule has 0 aromatic carbocycles. The van der Waals surface area contributed by atoms with Gasteiger partial charge in [0.25, 0.3) is 0 Å². The highest BCUT2D eigenvalue weighted by Crippen LogP contribution is 2.19. The topological polar surface area (TPSA) is 17.1 Å². The third kappa shape index (κ3) is 6.07. The van der Waals surface area contributed by atoms with Crippen LogP contribution in [0.3, 0.4) is 0 Å². The lowest BCUT2D eigenvalue weighted by molar-refractivity contribution is -0.110. The van der Waals surface area contributed by atoms with Gasteiger partial charge in [-0.3, -0.25) is 4.79 Å². The average Bonchev–Trinajstić information content (AvgIpc) is 2.26. The maximum atomic E-state index is 13.0. The molecule has 0 aliphatic heterocycles. The van der Waals surface area contributed by atoms with Crippen molar-refractivity contribution in [1.82, 2.24) is 0 Å². The lowest BCUT2D eigenvalue weighted by Crippen LogP contribution is -2.28. The molecule has 5 heteroatoms. The van der Waals surface area contributed by atoms with Crippen LogP contribution < -0.4 is 0 Å². The molecule has 0 aromatic rings. The Morgan fingerprint density at radius 3 is 2.27 bits per heavy atom. The van der Waals surface area contributed by atoms with Gasteiger partial charge in [-0.1, -0.05) is 25.6 Å². The van der Waals surface area contributed by atoms with Gasteiger partial charge in [-0.05, 0) is 12.8 Å². The predicted octanol–water partition coefficient (Wildman–Crippen LogP) is 3.47. The highest BCUT2D eigenvalue weighted by molar-refractivity contribution is 8.13. The zero-order chi connectivity index (χ0) is 11.8. The van der Waals surface area contributed by atoms with E-state index in [0.29, 0.717) is 6.42 Å². The van der Waals surface area contributed by atoms with Crippen molar-refractivity contribution in [2.75, 3.05) is 5.75 Å². The smallest absolute Gasteiger partial charge is 0.188 e. The van der Waals surface area contributed by atoms with Crippen LogP contribution in [0.5, 0.6) is 0 Å². The molecule has 0 saturated carbocycles. The number of thioether (sulfide) groups is 1. The van der Waals surface area contributed by atoms with Gasteiger partial charge in [0, 0.05) is 12.2 Å². The number of hydrogen-bond donors (Lipinski definition) is 0. The first-order chi connectivity index (χ1) is 7.02. The van der Waals surface area contributed by atoms with Gasteiger partial charge in [-0.15, -0.1) is 0 Å². The summed E-state index contributed by atoms with van der Waals surface area (Å²) in [5.74, 6) is 0.213. The SMILES string of the molecule is CCC(=O)SCCC(F)C(F)C(F)CC. The van der Waals surface area contributed by atoms with E-state index in [9.17, 15) is 18.0 Å². The van der Waals surface area contributed by atoms with Crippen LogP contribution in [0, 0.1) is 0 Å². The van der Waals surface area contributed by atoms with E-state index in [-0.39, 0.29) is 23.7 Å². The van der Waals surface area contributed by atoms with Crippen LogP contribution in [0.25, 0.3) is 0 Å². The zero-order valence-electron chi connectivity index (χ0n) is 9.01. The second kappa shape index (κ2) is 8.02. The molecule has 15 heavy (non-hydrogen) atoms. The molecule has 0 radical (unpaired) electrons. The Bertz CT molecular complexity index is 190. The van der Waals surface area contributed by atoms with E-state index in [4.69, 9.17) is 0 Å². The van der Waals surface area contributed by atoms with Crippen molar-refractivity contribution in [3.63, 3.8) is 0 Å². The molecule has 0 heterocycles. The Morgan fingerprint density at radius 1 is 1.20 bits per heavy atom. The van der Waals surface area contributed by atoms with Crippen LogP contribution in [-0.2, 0) is 4.79 Å². The summed E-state index contributed by atoms with van der Waals surface area (Å²) in [5, 5.41) is -0.0510. The number of halogens is 3. The summed E-state index contributed by atoms with van der Waals surface area (Å²) in [6.45, 7) is 3.17. The van der Waals surface area contributed by atoms with Gasteiger partial charge in [0.15, 0.2) is 11.3 Å². The van der Waals surface area contributed by atoms with E-state index in [1.165, 1.54) is 6.92 Å². The molecule has 0 aliphatic rings. The maximum absolute atomic E-state index is 13.0. The molecule has 0 rings (SSSR count). The first-order valence-corrected chi connectivity index (χ1v) is 6.09. The fourth-order valence-corrected chi connectivity index (χ4v) is 1.77. The molecule has 0 saturated heterocycles. The summed E-state index contributed by atoms with van der Waals surface area (Å²) in [5.41, 5.74) is 0. The van der Waals surface area contributed by atoms with Crippen molar-refractivity contribution in [2.24, 2.45) is 0 Å². The minimum atomic E-state index is -2.06. The molecule has 0 N–H and O–H groups in total. The number of carbonyl (C=O) groups is 1. The zero-order valence-corrected chi connectivity index (χ0v) is 9.83. The molecule has 0 spiro atoms. The van der Waals surface area contributed by atoms with Gasteiger partial charge in [-0.25, -0.2) is 13.2 Å². The van der Waals surface area contributed by atoms with Crippen molar-refractivity contribution in [3.8, 4) is 0 Å². The fourth-order valence-electron chi connectivity index (χ4n) is 0.998. The van der Waals surface area contributed by atoms with E-state index in [0.717, 1.165) is 11.8 Å². The van der Waals surface area contributed by atoms with Crippen molar-refractivity contribution >= 4 is 16.9 Å². The molecule has 0 bridgehead atoms. The summed E-state index contributed by atoms with van der Waals surface area (Å²) in [6, 6.07) is 0. The third-order valence-electron chi connectivity index (χ3n) is 2.03. The first-order valence-electron chi connectivity index (χ1n) is 5.10. The third-order valence-corrected chi connectivity index (χ3v) is 3.08. The molecule has 0 fully saturated rings. The number of hydrogen-bond acceptors (Lipinski definition) is 2. The van der Waals surface area contributed by atoms with Crippen molar-refractivity contribution in [1.29, 1.82) is 0 Å². The van der Waals surface area contributed by atoms with Gasteiger partial charge in [0.05, 0.1) is 0 Å². The van der Waals surface area contributed by atoms with Gasteiger partial charge in [0.1, 0.15) is 12.3 Å². The van der Waals surface area contributed by atoms with E-state index >= 15 is 0 Å². The Morgan fingerprint density at radius 2 is 1.80 bits per heavy atom. The van der Waals surface area contributed by atoms with Crippen LogP contribution >= 0.6 is 11.8 Å². The van der Waals surface area contributed by atoms with Crippen molar-refractivity contribution < 1.29 is 18.0 Å². The Hall–Kier alpha value is -0.190. The average molecular weight is 242 g/mol. The van der Waals surface area contributed by atoms with Crippen LogP contribution in [0.15, 0.2) is 0 Å². The molecular weight excluding hydrogens is 225 g/mol. The molecule has 0 aromatic heterocycles. The van der Waals surface area contributed by atoms with Gasteiger partial charge in [-0.2, -0.15) is 0 Å². The Kier molecular flexibility index (Phi) is 7.92. The molecule has 3 atom stereocenters. The van der Waals surface area contributed by atoms with E-state index in [2.05, 4.69) is 0 Å². The second-order valence-corrected chi connectivity index (χ2v) is 4.40. The van der Waals surface area contributed by atoms with E-state index in [1.807, 2.05) is 0 Å². The number of rotatable bonds is 7. The monoisotopic (exact) mass is 242 g/mol. The first kappa shape index (κ1) is 14.8. The van der Waals surface area contributed by atoms with Gasteiger partial charge < -0.3 is 0 Å². The highest BCUT2D eigenvalue weighted by Gasteiger charge is 2.28. The van der Waals surface area contributed by atoms with E-state index in [1.54, 1.807) is 6.92 Å². The van der Waals surface area contributed by atoms with Crippen molar-refractivity contribution in [2.45, 2.75) is 51.6 Å². The lowest BCUT2D eigenvalue weighted by atomic mass is 10.1. The number of carbonyl (C=O) groups excluding carboxylic acids is 1. The van der Waals surface area contributed by atoms with Gasteiger partial charge in [0.2, 0.25) is 0 Å². The van der Waals surface area contributed by atoms with Crippen LogP contribution in [0.4, 0.5) is 13.2 Å². The van der Waals surface area contributed by atoms with E-state index < -0.39 is 18.5 Å². The van der Waals surface area contributed by atoms with Crippen LogP contribution in [0.2, 0.25) is 0 Å². The normalized spacial score (nSPS) is 17.1. The molecular formula is C10H17F3OS. The molecule has 0 amide bonds. The van der Waals surface area contributed by atoms with Crippen LogP contribution in [0.1, 0.15) is 33.1 Å². The maximum Gasteiger partial charge on any atom is 0.188 e. The standard InChI is InChI=1S/C10H17F3OS/c1-3-7(11)10(13)8(12)5-6-15-9(14)4-2/h7-8,10H,3-6H2,1-2H3. The van der Waals surface area contributed by atoms with Crippen LogP contribution in [-0.4, -0.2) is 29.4 Å². The molecule has 3 unspecified atom stereocenters. The van der Waals surface area contributed by atoms with Crippen molar-refractivity contribution in [3.05, 3.63) is 0 Å². The minimum Gasteiger partial charge on any atom is -0.287 e. The highest BCUT2D eigenvalue weighted by atomic mass is 32.2. The summed E-state index contributed by atoms with van der Waals surface area (Å²) in [7, 11) is 0. The second-order valence-electron chi connectivity index (χ2n) is 3.25. The molecule has 0 aliphatic carbocycles. The Labute approximate surface area is 92.8 Å².